The number of nitrogens with two attached hydrogens (primary N) is 1. The lowest BCUT2D eigenvalue weighted by Crippen LogP contribution is -2.42. The third-order valence-corrected chi connectivity index (χ3v) is 5.73. The van der Waals surface area contributed by atoms with Crippen molar-refractivity contribution in [3.63, 3.8) is 0 Å². The molecule has 1 aliphatic rings. The Morgan fingerprint density at radius 2 is 2.24 bits per heavy atom. The summed E-state index contributed by atoms with van der Waals surface area (Å²) in [5.41, 5.74) is 7.43. The van der Waals surface area contributed by atoms with Gasteiger partial charge in [0.25, 0.3) is 0 Å². The van der Waals surface area contributed by atoms with E-state index < -0.39 is 0 Å². The maximum absolute atomic E-state index is 6.34. The second-order valence-electron chi connectivity index (χ2n) is 4.81. The number of thioether (sulfide) groups is 1. The summed E-state index contributed by atoms with van der Waals surface area (Å²) in [6.07, 6.45) is 3.28. The third kappa shape index (κ3) is 3.11. The van der Waals surface area contributed by atoms with Gasteiger partial charge in [0.15, 0.2) is 0 Å². The standard InChI is InChI=1S/C13H17Cl2NS/c1-13(5-2-6-17-13)12(16)7-9-3-4-10(14)8-11(9)15/h3-4,8,12H,2,5-7,16H2,1H3. The van der Waals surface area contributed by atoms with Gasteiger partial charge in [-0.1, -0.05) is 29.3 Å². The lowest BCUT2D eigenvalue weighted by molar-refractivity contribution is 0.482. The smallest absolute Gasteiger partial charge is 0.0453 e. The first-order valence-corrected chi connectivity index (χ1v) is 7.59. The zero-order chi connectivity index (χ0) is 12.5. The average Bonchev–Trinajstić information content (AvgIpc) is 2.71. The minimum absolute atomic E-state index is 0.147. The highest BCUT2D eigenvalue weighted by atomic mass is 35.5. The van der Waals surface area contributed by atoms with Crippen LogP contribution in [0.15, 0.2) is 18.2 Å². The van der Waals surface area contributed by atoms with Crippen LogP contribution in [0.25, 0.3) is 0 Å². The van der Waals surface area contributed by atoms with Gasteiger partial charge in [0, 0.05) is 20.8 Å². The molecule has 1 aliphatic heterocycles. The molecule has 0 spiro atoms. The molecule has 1 aromatic carbocycles. The molecule has 0 aliphatic carbocycles. The molecule has 0 radical (unpaired) electrons. The van der Waals surface area contributed by atoms with Crippen LogP contribution in [0, 0.1) is 0 Å². The summed E-state index contributed by atoms with van der Waals surface area (Å²) < 4.78 is 0.197. The molecule has 0 bridgehead atoms. The van der Waals surface area contributed by atoms with Crippen molar-refractivity contribution in [3.05, 3.63) is 33.8 Å². The second-order valence-corrected chi connectivity index (χ2v) is 7.28. The summed E-state index contributed by atoms with van der Waals surface area (Å²) >= 11 is 14.1. The molecule has 1 nitrogen and oxygen atoms in total. The van der Waals surface area contributed by atoms with Crippen LogP contribution in [-0.4, -0.2) is 16.5 Å². The highest BCUT2D eigenvalue weighted by molar-refractivity contribution is 8.00. The molecule has 1 fully saturated rings. The van der Waals surface area contributed by atoms with Gasteiger partial charge in [0.1, 0.15) is 0 Å². The molecule has 94 valence electrons. The zero-order valence-electron chi connectivity index (χ0n) is 9.88. The number of halogens is 2. The minimum atomic E-state index is 0.147. The van der Waals surface area contributed by atoms with Crippen molar-refractivity contribution in [2.24, 2.45) is 5.73 Å². The van der Waals surface area contributed by atoms with Crippen LogP contribution in [-0.2, 0) is 6.42 Å². The van der Waals surface area contributed by atoms with E-state index in [-0.39, 0.29) is 10.8 Å². The van der Waals surface area contributed by atoms with Crippen molar-refractivity contribution >= 4 is 35.0 Å². The molecular formula is C13H17Cl2NS. The summed E-state index contributed by atoms with van der Waals surface area (Å²) in [5, 5.41) is 1.40. The van der Waals surface area contributed by atoms with Gasteiger partial charge in [0.05, 0.1) is 0 Å². The molecule has 1 aromatic rings. The normalized spacial score (nSPS) is 26.1. The molecule has 2 unspecified atom stereocenters. The van der Waals surface area contributed by atoms with Gasteiger partial charge in [-0.05, 0) is 49.6 Å². The highest BCUT2D eigenvalue weighted by Gasteiger charge is 2.35. The molecule has 0 amide bonds. The fourth-order valence-corrected chi connectivity index (χ4v) is 4.06. The van der Waals surface area contributed by atoms with Crippen LogP contribution < -0.4 is 5.73 Å². The van der Waals surface area contributed by atoms with Crippen LogP contribution >= 0.6 is 35.0 Å². The summed E-state index contributed by atoms with van der Waals surface area (Å²) in [6, 6.07) is 5.79. The molecule has 1 saturated heterocycles. The molecule has 1 heterocycles. The van der Waals surface area contributed by atoms with Crippen LogP contribution in [0.1, 0.15) is 25.3 Å². The second kappa shape index (κ2) is 5.40. The van der Waals surface area contributed by atoms with E-state index in [1.807, 2.05) is 23.9 Å². The lowest BCUT2D eigenvalue weighted by Gasteiger charge is -2.30. The van der Waals surface area contributed by atoms with Gasteiger partial charge >= 0.3 is 0 Å². The van der Waals surface area contributed by atoms with E-state index in [4.69, 9.17) is 28.9 Å². The maximum Gasteiger partial charge on any atom is 0.0453 e. The van der Waals surface area contributed by atoms with Gasteiger partial charge in [0.2, 0.25) is 0 Å². The minimum Gasteiger partial charge on any atom is -0.326 e. The SMILES string of the molecule is CC1(C(N)Cc2ccc(Cl)cc2Cl)CCCS1. The third-order valence-electron chi connectivity index (χ3n) is 3.49. The van der Waals surface area contributed by atoms with E-state index in [0.29, 0.717) is 5.02 Å². The predicted octanol–water partition coefficient (Wildman–Crippen LogP) is 4.15. The topological polar surface area (TPSA) is 26.0 Å². The zero-order valence-corrected chi connectivity index (χ0v) is 12.2. The molecule has 17 heavy (non-hydrogen) atoms. The molecule has 2 N–H and O–H groups in total. The van der Waals surface area contributed by atoms with E-state index in [1.54, 1.807) is 6.07 Å². The van der Waals surface area contributed by atoms with Crippen LogP contribution in [0.4, 0.5) is 0 Å². The predicted molar refractivity (Wildman–Crippen MR) is 78.2 cm³/mol. The van der Waals surface area contributed by atoms with Crippen LogP contribution in [0.3, 0.4) is 0 Å². The molecule has 0 saturated carbocycles. The van der Waals surface area contributed by atoms with E-state index in [9.17, 15) is 0 Å². The number of benzene rings is 1. The van der Waals surface area contributed by atoms with Crippen molar-refractivity contribution in [2.45, 2.75) is 37.0 Å². The van der Waals surface area contributed by atoms with Gasteiger partial charge in [-0.15, -0.1) is 0 Å². The van der Waals surface area contributed by atoms with Gasteiger partial charge in [-0.25, -0.2) is 0 Å². The average molecular weight is 290 g/mol. The van der Waals surface area contributed by atoms with Crippen LogP contribution in [0.2, 0.25) is 10.0 Å². The first-order chi connectivity index (χ1) is 8.01. The van der Waals surface area contributed by atoms with E-state index in [1.165, 1.54) is 18.6 Å². The lowest BCUT2D eigenvalue weighted by atomic mass is 9.91. The van der Waals surface area contributed by atoms with Gasteiger partial charge in [-0.3, -0.25) is 0 Å². The largest absolute Gasteiger partial charge is 0.326 e. The Bertz CT molecular complexity index is 402. The molecule has 2 rings (SSSR count). The van der Waals surface area contributed by atoms with Crippen molar-refractivity contribution in [1.82, 2.24) is 0 Å². The van der Waals surface area contributed by atoms with Crippen molar-refractivity contribution < 1.29 is 0 Å². The van der Waals surface area contributed by atoms with Gasteiger partial charge < -0.3 is 5.73 Å². The Labute approximate surface area is 117 Å². The van der Waals surface area contributed by atoms with Gasteiger partial charge in [-0.2, -0.15) is 11.8 Å². The highest BCUT2D eigenvalue weighted by Crippen LogP contribution is 2.41. The molecular weight excluding hydrogens is 273 g/mol. The Balaban J connectivity index is 2.10. The monoisotopic (exact) mass is 289 g/mol. The summed E-state index contributed by atoms with van der Waals surface area (Å²) in [7, 11) is 0. The number of rotatable bonds is 3. The van der Waals surface area contributed by atoms with E-state index in [2.05, 4.69) is 6.92 Å². The molecule has 0 aromatic heterocycles. The Morgan fingerprint density at radius 3 is 2.82 bits per heavy atom. The van der Waals surface area contributed by atoms with Crippen molar-refractivity contribution in [1.29, 1.82) is 0 Å². The molecule has 2 atom stereocenters. The van der Waals surface area contributed by atoms with Crippen molar-refractivity contribution in [2.75, 3.05) is 5.75 Å². The maximum atomic E-state index is 6.34. The van der Waals surface area contributed by atoms with Crippen LogP contribution in [0.5, 0.6) is 0 Å². The fourth-order valence-electron chi connectivity index (χ4n) is 2.23. The first kappa shape index (κ1) is 13.5. The number of hydrogen-bond donors (Lipinski definition) is 1. The number of hydrogen-bond acceptors (Lipinski definition) is 2. The Hall–Kier alpha value is 0.110. The van der Waals surface area contributed by atoms with Crippen molar-refractivity contribution in [3.8, 4) is 0 Å². The quantitative estimate of drug-likeness (QED) is 0.905. The Kier molecular flexibility index (Phi) is 4.30. The summed E-state index contributed by atoms with van der Waals surface area (Å²) in [6.45, 7) is 2.26. The summed E-state index contributed by atoms with van der Waals surface area (Å²) in [4.78, 5) is 0. The van der Waals surface area contributed by atoms with E-state index in [0.717, 1.165) is 17.0 Å². The summed E-state index contributed by atoms with van der Waals surface area (Å²) in [5.74, 6) is 1.22. The first-order valence-electron chi connectivity index (χ1n) is 5.85. The fraction of sp³-hybridized carbons (Fsp3) is 0.538. The molecule has 4 heteroatoms. The van der Waals surface area contributed by atoms with E-state index >= 15 is 0 Å². The Morgan fingerprint density at radius 1 is 1.47 bits per heavy atom.